The van der Waals surface area contributed by atoms with Gasteiger partial charge in [-0.1, -0.05) is 0 Å². The molecule has 2 aromatic rings. The second-order valence-electron chi connectivity index (χ2n) is 3.32. The van der Waals surface area contributed by atoms with Crippen LogP contribution in [-0.2, 0) is 4.74 Å². The zero-order chi connectivity index (χ0) is 14.0. The van der Waals surface area contributed by atoms with Crippen molar-refractivity contribution in [3.05, 3.63) is 40.0 Å². The van der Waals surface area contributed by atoms with E-state index >= 15 is 0 Å². The average Bonchev–Trinajstić information content (AvgIpc) is 2.86. The van der Waals surface area contributed by atoms with E-state index in [9.17, 15) is 19.3 Å². The van der Waals surface area contributed by atoms with E-state index < -0.39 is 28.3 Å². The van der Waals surface area contributed by atoms with Gasteiger partial charge < -0.3 is 9.15 Å². The number of hydrogen-bond acceptors (Lipinski definition) is 7. The molecular formula is C10H6FN3O5. The maximum absolute atomic E-state index is 13.1. The molecule has 19 heavy (non-hydrogen) atoms. The van der Waals surface area contributed by atoms with Crippen molar-refractivity contribution in [3.63, 3.8) is 0 Å². The van der Waals surface area contributed by atoms with Gasteiger partial charge in [0, 0.05) is 6.07 Å². The van der Waals surface area contributed by atoms with Crippen molar-refractivity contribution < 1.29 is 23.3 Å². The summed E-state index contributed by atoms with van der Waals surface area (Å²) in [6.45, 7) is 0. The van der Waals surface area contributed by atoms with E-state index in [4.69, 9.17) is 4.42 Å². The fourth-order valence-electron chi connectivity index (χ4n) is 1.34. The van der Waals surface area contributed by atoms with Gasteiger partial charge in [0.1, 0.15) is 11.4 Å². The van der Waals surface area contributed by atoms with Crippen LogP contribution in [0.4, 0.5) is 10.1 Å². The Morgan fingerprint density at radius 2 is 2.21 bits per heavy atom. The van der Waals surface area contributed by atoms with E-state index in [1.165, 1.54) is 0 Å². The molecule has 1 heterocycles. The zero-order valence-electron chi connectivity index (χ0n) is 9.49. The van der Waals surface area contributed by atoms with Crippen LogP contribution in [0.15, 0.2) is 22.6 Å². The van der Waals surface area contributed by atoms with Crippen molar-refractivity contribution in [2.75, 3.05) is 7.11 Å². The van der Waals surface area contributed by atoms with Crippen LogP contribution >= 0.6 is 0 Å². The summed E-state index contributed by atoms with van der Waals surface area (Å²) in [6.07, 6.45) is 0. The van der Waals surface area contributed by atoms with Crippen LogP contribution in [0.3, 0.4) is 0 Å². The van der Waals surface area contributed by atoms with Gasteiger partial charge in [0.05, 0.1) is 12.0 Å². The Labute approximate surface area is 105 Å². The first-order valence-electron chi connectivity index (χ1n) is 4.89. The van der Waals surface area contributed by atoms with Gasteiger partial charge in [0.25, 0.3) is 11.6 Å². The molecular weight excluding hydrogens is 261 g/mol. The number of hydrogen-bond donors (Lipinski definition) is 0. The molecule has 0 atom stereocenters. The SMILES string of the molecule is COC(=O)c1nnc(-c2cc(F)ccc2[N+](=O)[O-])o1. The molecule has 98 valence electrons. The largest absolute Gasteiger partial charge is 0.462 e. The highest BCUT2D eigenvalue weighted by atomic mass is 19.1. The number of benzene rings is 1. The highest BCUT2D eigenvalue weighted by molar-refractivity contribution is 5.84. The zero-order valence-corrected chi connectivity index (χ0v) is 9.49. The maximum Gasteiger partial charge on any atom is 0.396 e. The quantitative estimate of drug-likeness (QED) is 0.471. The van der Waals surface area contributed by atoms with E-state index in [2.05, 4.69) is 14.9 Å². The minimum atomic E-state index is -0.891. The lowest BCUT2D eigenvalue weighted by Crippen LogP contribution is -2.00. The van der Waals surface area contributed by atoms with E-state index in [1.807, 2.05) is 0 Å². The van der Waals surface area contributed by atoms with Crippen LogP contribution < -0.4 is 0 Å². The molecule has 1 aromatic carbocycles. The standard InChI is InChI=1S/C10H6FN3O5/c1-18-10(15)9-13-12-8(19-9)6-4-5(11)2-3-7(6)14(16)17/h2-4H,1H3. The molecule has 1 aromatic heterocycles. The third-order valence-electron chi connectivity index (χ3n) is 2.17. The summed E-state index contributed by atoms with van der Waals surface area (Å²) in [4.78, 5) is 21.2. The predicted octanol–water partition coefficient (Wildman–Crippen LogP) is 1.57. The third-order valence-corrected chi connectivity index (χ3v) is 2.17. The highest BCUT2D eigenvalue weighted by Crippen LogP contribution is 2.29. The summed E-state index contributed by atoms with van der Waals surface area (Å²) in [7, 11) is 1.11. The fraction of sp³-hybridized carbons (Fsp3) is 0.100. The van der Waals surface area contributed by atoms with E-state index in [0.717, 1.165) is 25.3 Å². The normalized spacial score (nSPS) is 10.2. The van der Waals surface area contributed by atoms with Crippen molar-refractivity contribution in [3.8, 4) is 11.5 Å². The Morgan fingerprint density at radius 1 is 1.47 bits per heavy atom. The molecule has 0 aliphatic rings. The van der Waals surface area contributed by atoms with Crippen LogP contribution in [0.5, 0.6) is 0 Å². The molecule has 0 amide bonds. The number of carbonyl (C=O) groups is 1. The van der Waals surface area contributed by atoms with Crippen molar-refractivity contribution in [2.24, 2.45) is 0 Å². The maximum atomic E-state index is 13.1. The number of ether oxygens (including phenoxy) is 1. The first-order valence-corrected chi connectivity index (χ1v) is 4.89. The number of nitrogens with zero attached hydrogens (tertiary/aromatic N) is 3. The lowest BCUT2D eigenvalue weighted by molar-refractivity contribution is -0.384. The van der Waals surface area contributed by atoms with Crippen LogP contribution in [0, 0.1) is 15.9 Å². The molecule has 0 unspecified atom stereocenters. The van der Waals surface area contributed by atoms with Gasteiger partial charge in [-0.05, 0) is 12.1 Å². The van der Waals surface area contributed by atoms with Crippen LogP contribution in [-0.4, -0.2) is 28.2 Å². The minimum absolute atomic E-state index is 0.215. The van der Waals surface area contributed by atoms with E-state index in [-0.39, 0.29) is 11.5 Å². The molecule has 0 spiro atoms. The van der Waals surface area contributed by atoms with Gasteiger partial charge in [-0.3, -0.25) is 10.1 Å². The van der Waals surface area contributed by atoms with Crippen molar-refractivity contribution in [1.82, 2.24) is 10.2 Å². The molecule has 0 N–H and O–H groups in total. The Balaban J connectivity index is 2.52. The molecule has 0 saturated carbocycles. The Kier molecular flexibility index (Phi) is 3.19. The minimum Gasteiger partial charge on any atom is -0.462 e. The predicted molar refractivity (Wildman–Crippen MR) is 57.7 cm³/mol. The van der Waals surface area contributed by atoms with Gasteiger partial charge in [0.2, 0.25) is 0 Å². The summed E-state index contributed by atoms with van der Waals surface area (Å²) in [5, 5.41) is 17.6. The van der Waals surface area contributed by atoms with E-state index in [0.29, 0.717) is 0 Å². The van der Waals surface area contributed by atoms with Crippen molar-refractivity contribution in [1.29, 1.82) is 0 Å². The van der Waals surface area contributed by atoms with Crippen molar-refractivity contribution >= 4 is 11.7 Å². The average molecular weight is 267 g/mol. The Bertz CT molecular complexity index is 654. The van der Waals surface area contributed by atoms with Crippen LogP contribution in [0.1, 0.15) is 10.7 Å². The number of methoxy groups -OCH3 is 1. The molecule has 9 heteroatoms. The van der Waals surface area contributed by atoms with Crippen molar-refractivity contribution in [2.45, 2.75) is 0 Å². The van der Waals surface area contributed by atoms with Gasteiger partial charge in [-0.25, -0.2) is 9.18 Å². The fourth-order valence-corrected chi connectivity index (χ4v) is 1.34. The Morgan fingerprint density at radius 3 is 2.84 bits per heavy atom. The summed E-state index contributed by atoms with van der Waals surface area (Å²) in [6, 6.07) is 2.76. The van der Waals surface area contributed by atoms with Gasteiger partial charge in [-0.2, -0.15) is 0 Å². The van der Waals surface area contributed by atoms with Crippen LogP contribution in [0.25, 0.3) is 11.5 Å². The first-order chi connectivity index (χ1) is 9.02. The summed E-state index contributed by atoms with van der Waals surface area (Å²) < 4.78 is 22.4. The third kappa shape index (κ3) is 2.39. The number of rotatable bonds is 3. The van der Waals surface area contributed by atoms with Crippen LogP contribution in [0.2, 0.25) is 0 Å². The van der Waals surface area contributed by atoms with Gasteiger partial charge in [0.15, 0.2) is 0 Å². The number of halogens is 1. The number of nitro benzene ring substituents is 1. The topological polar surface area (TPSA) is 108 Å². The molecule has 0 aliphatic carbocycles. The Hall–Kier alpha value is -2.84. The first kappa shape index (κ1) is 12.6. The van der Waals surface area contributed by atoms with Gasteiger partial charge in [-0.15, -0.1) is 10.2 Å². The second-order valence-corrected chi connectivity index (χ2v) is 3.32. The number of esters is 1. The summed E-state index contributed by atoms with van der Waals surface area (Å²) in [5.41, 5.74) is -0.630. The molecule has 0 saturated heterocycles. The smallest absolute Gasteiger partial charge is 0.396 e. The highest BCUT2D eigenvalue weighted by Gasteiger charge is 2.23. The monoisotopic (exact) mass is 267 g/mol. The summed E-state index contributed by atoms with van der Waals surface area (Å²) >= 11 is 0. The molecule has 0 radical (unpaired) electrons. The van der Waals surface area contributed by atoms with E-state index in [1.54, 1.807) is 0 Å². The lowest BCUT2D eigenvalue weighted by atomic mass is 10.2. The molecule has 0 bridgehead atoms. The summed E-state index contributed by atoms with van der Waals surface area (Å²) in [5.74, 6) is -2.42. The molecule has 0 aliphatic heterocycles. The molecule has 8 nitrogen and oxygen atoms in total. The molecule has 0 fully saturated rings. The number of nitro groups is 1. The number of carbonyl (C=O) groups excluding carboxylic acids is 1. The lowest BCUT2D eigenvalue weighted by Gasteiger charge is -1.98. The number of aromatic nitrogens is 2. The van der Waals surface area contributed by atoms with Gasteiger partial charge >= 0.3 is 11.9 Å². The molecule has 2 rings (SSSR count). The second kappa shape index (κ2) is 4.80.